The molecule has 1 aliphatic rings. The summed E-state index contributed by atoms with van der Waals surface area (Å²) in [5.74, 6) is 1.06. The van der Waals surface area contributed by atoms with Gasteiger partial charge >= 0.3 is 0 Å². The predicted molar refractivity (Wildman–Crippen MR) is 74.7 cm³/mol. The van der Waals surface area contributed by atoms with Gasteiger partial charge in [-0.1, -0.05) is 0 Å². The summed E-state index contributed by atoms with van der Waals surface area (Å²) in [4.78, 5) is 2.22. The Morgan fingerprint density at radius 3 is 2.55 bits per heavy atom. The fourth-order valence-corrected chi connectivity index (χ4v) is 3.12. The van der Waals surface area contributed by atoms with E-state index in [1.807, 2.05) is 0 Å². The molecule has 0 aliphatic carbocycles. The number of sulfonamides is 1. The maximum Gasteiger partial charge on any atom is 0.275 e. The van der Waals surface area contributed by atoms with Gasteiger partial charge in [0, 0.05) is 20.7 Å². The van der Waals surface area contributed by atoms with Crippen LogP contribution in [-0.2, 0) is 16.6 Å². The van der Waals surface area contributed by atoms with Crippen molar-refractivity contribution in [1.29, 1.82) is 0 Å². The summed E-state index contributed by atoms with van der Waals surface area (Å²) in [6, 6.07) is 3.22. The lowest BCUT2D eigenvalue weighted by Crippen LogP contribution is -2.34. The van der Waals surface area contributed by atoms with Gasteiger partial charge in [0.25, 0.3) is 10.0 Å². The third kappa shape index (κ3) is 3.41. The van der Waals surface area contributed by atoms with E-state index < -0.39 is 10.0 Å². The third-order valence-corrected chi connectivity index (χ3v) is 5.41. The smallest absolute Gasteiger partial charge is 0.275 e. The van der Waals surface area contributed by atoms with E-state index in [1.165, 1.54) is 20.2 Å². The van der Waals surface area contributed by atoms with Crippen molar-refractivity contribution >= 4 is 10.0 Å². The minimum atomic E-state index is -3.49. The van der Waals surface area contributed by atoms with Crippen LogP contribution >= 0.6 is 0 Å². The quantitative estimate of drug-likeness (QED) is 0.868. The van der Waals surface area contributed by atoms with Crippen molar-refractivity contribution in [3.8, 4) is 0 Å². The number of piperidine rings is 1. The van der Waals surface area contributed by atoms with E-state index in [9.17, 15) is 8.42 Å². The van der Waals surface area contributed by atoms with Gasteiger partial charge < -0.3 is 9.52 Å². The van der Waals surface area contributed by atoms with Gasteiger partial charge in [-0.05, 0) is 44.0 Å². The second-order valence-corrected chi connectivity index (χ2v) is 7.49. The number of likely N-dealkylation sites (tertiary alicyclic amines) is 1. The van der Waals surface area contributed by atoms with Gasteiger partial charge in [-0.15, -0.1) is 0 Å². The molecule has 0 unspecified atom stereocenters. The SMILES string of the molecule is CN(C)S(=O)(=O)c1ccc(CN2CCC(CO)CC2)o1. The zero-order valence-corrected chi connectivity index (χ0v) is 12.8. The Bertz CT molecular complexity index is 530. The minimum absolute atomic E-state index is 0.0113. The van der Waals surface area contributed by atoms with Crippen molar-refractivity contribution in [1.82, 2.24) is 9.21 Å². The number of hydrogen-bond acceptors (Lipinski definition) is 5. The molecule has 6 nitrogen and oxygen atoms in total. The summed E-state index contributed by atoms with van der Waals surface area (Å²) in [6.07, 6.45) is 1.94. The zero-order chi connectivity index (χ0) is 14.8. The standard InChI is InChI=1S/C13H22N2O4S/c1-14(2)20(17,18)13-4-3-12(19-13)9-15-7-5-11(10-16)6-8-15/h3-4,11,16H,5-10H2,1-2H3. The van der Waals surface area contributed by atoms with E-state index in [4.69, 9.17) is 9.52 Å². The van der Waals surface area contributed by atoms with Crippen molar-refractivity contribution in [2.75, 3.05) is 33.8 Å². The average molecular weight is 302 g/mol. The molecule has 0 radical (unpaired) electrons. The molecule has 0 atom stereocenters. The highest BCUT2D eigenvalue weighted by Crippen LogP contribution is 2.21. The van der Waals surface area contributed by atoms with Gasteiger partial charge in [-0.2, -0.15) is 0 Å². The molecular weight excluding hydrogens is 280 g/mol. The van der Waals surface area contributed by atoms with Crippen molar-refractivity contribution in [2.24, 2.45) is 5.92 Å². The van der Waals surface area contributed by atoms with Crippen LogP contribution in [0.25, 0.3) is 0 Å². The molecule has 0 saturated carbocycles. The summed E-state index contributed by atoms with van der Waals surface area (Å²) >= 11 is 0. The first kappa shape index (κ1) is 15.5. The van der Waals surface area contributed by atoms with Gasteiger partial charge in [0.1, 0.15) is 5.76 Å². The van der Waals surface area contributed by atoms with E-state index in [1.54, 1.807) is 6.07 Å². The molecule has 7 heteroatoms. The monoisotopic (exact) mass is 302 g/mol. The van der Waals surface area contributed by atoms with Gasteiger partial charge in [0.05, 0.1) is 6.54 Å². The van der Waals surface area contributed by atoms with Crippen LogP contribution in [0, 0.1) is 5.92 Å². The van der Waals surface area contributed by atoms with Crippen molar-refractivity contribution in [2.45, 2.75) is 24.5 Å². The van der Waals surface area contributed by atoms with Gasteiger partial charge in [0.2, 0.25) is 5.09 Å². The highest BCUT2D eigenvalue weighted by atomic mass is 32.2. The van der Waals surface area contributed by atoms with Crippen LogP contribution in [-0.4, -0.2) is 56.5 Å². The normalized spacial score (nSPS) is 18.8. The Balaban J connectivity index is 1.97. The lowest BCUT2D eigenvalue weighted by molar-refractivity contribution is 0.121. The Hall–Kier alpha value is -0.890. The molecule has 20 heavy (non-hydrogen) atoms. The molecule has 0 amide bonds. The summed E-state index contributed by atoms with van der Waals surface area (Å²) in [5.41, 5.74) is 0. The van der Waals surface area contributed by atoms with Crippen molar-refractivity contribution in [3.05, 3.63) is 17.9 Å². The summed E-state index contributed by atoms with van der Waals surface area (Å²) in [6.45, 7) is 2.67. The fraction of sp³-hybridized carbons (Fsp3) is 0.692. The average Bonchev–Trinajstić information content (AvgIpc) is 2.88. The van der Waals surface area contributed by atoms with E-state index in [-0.39, 0.29) is 11.7 Å². The first-order valence-electron chi connectivity index (χ1n) is 6.78. The molecule has 114 valence electrons. The molecule has 0 bridgehead atoms. The maximum atomic E-state index is 11.9. The Morgan fingerprint density at radius 2 is 2.00 bits per heavy atom. The number of nitrogens with zero attached hydrogens (tertiary/aromatic N) is 2. The highest BCUT2D eigenvalue weighted by Gasteiger charge is 2.23. The van der Waals surface area contributed by atoms with Crippen LogP contribution in [0.1, 0.15) is 18.6 Å². The van der Waals surface area contributed by atoms with Crippen LogP contribution in [0.4, 0.5) is 0 Å². The van der Waals surface area contributed by atoms with Crippen LogP contribution < -0.4 is 0 Å². The van der Waals surface area contributed by atoms with Crippen LogP contribution in [0.3, 0.4) is 0 Å². The first-order valence-corrected chi connectivity index (χ1v) is 8.22. The van der Waals surface area contributed by atoms with Crippen LogP contribution in [0.2, 0.25) is 0 Å². The lowest BCUT2D eigenvalue weighted by Gasteiger charge is -2.30. The molecule has 1 fully saturated rings. The molecule has 1 aromatic rings. The summed E-state index contributed by atoms with van der Waals surface area (Å²) in [5, 5.41) is 9.09. The minimum Gasteiger partial charge on any atom is -0.447 e. The largest absolute Gasteiger partial charge is 0.447 e. The lowest BCUT2D eigenvalue weighted by atomic mass is 9.98. The predicted octanol–water partition coefficient (Wildman–Crippen LogP) is 0.734. The highest BCUT2D eigenvalue weighted by molar-refractivity contribution is 7.88. The third-order valence-electron chi connectivity index (χ3n) is 3.72. The molecule has 0 aromatic carbocycles. The number of furan rings is 1. The van der Waals surface area contributed by atoms with Crippen molar-refractivity contribution in [3.63, 3.8) is 0 Å². The Morgan fingerprint density at radius 1 is 1.35 bits per heavy atom. The van der Waals surface area contributed by atoms with E-state index in [0.717, 1.165) is 30.2 Å². The Kier molecular flexibility index (Phi) is 4.85. The number of aliphatic hydroxyl groups is 1. The molecule has 2 heterocycles. The number of rotatable bonds is 5. The summed E-state index contributed by atoms with van der Waals surface area (Å²) in [7, 11) is -0.528. The second kappa shape index (κ2) is 6.26. The van der Waals surface area contributed by atoms with E-state index in [2.05, 4.69) is 4.90 Å². The zero-order valence-electron chi connectivity index (χ0n) is 11.9. The number of hydrogen-bond donors (Lipinski definition) is 1. The van der Waals surface area contributed by atoms with Gasteiger partial charge in [0.15, 0.2) is 0 Å². The molecule has 1 saturated heterocycles. The molecule has 0 spiro atoms. The molecular formula is C13H22N2O4S. The van der Waals surface area contributed by atoms with Crippen LogP contribution in [0.15, 0.2) is 21.6 Å². The van der Waals surface area contributed by atoms with Crippen molar-refractivity contribution < 1.29 is 17.9 Å². The Labute approximate surface area is 120 Å². The topological polar surface area (TPSA) is 74.0 Å². The van der Waals surface area contributed by atoms with Gasteiger partial charge in [-0.25, -0.2) is 12.7 Å². The molecule has 2 rings (SSSR count). The molecule has 1 N–H and O–H groups in total. The molecule has 1 aliphatic heterocycles. The van der Waals surface area contributed by atoms with E-state index >= 15 is 0 Å². The number of aliphatic hydroxyl groups excluding tert-OH is 1. The van der Waals surface area contributed by atoms with Crippen LogP contribution in [0.5, 0.6) is 0 Å². The van der Waals surface area contributed by atoms with Gasteiger partial charge in [-0.3, -0.25) is 4.90 Å². The molecule has 1 aromatic heterocycles. The fourth-order valence-electron chi connectivity index (χ4n) is 2.31. The first-order chi connectivity index (χ1) is 9.43. The second-order valence-electron chi connectivity index (χ2n) is 5.41. The maximum absolute atomic E-state index is 11.9. The summed E-state index contributed by atoms with van der Waals surface area (Å²) < 4.78 is 30.4. The van der Waals surface area contributed by atoms with E-state index in [0.29, 0.717) is 18.2 Å².